The van der Waals surface area contributed by atoms with Gasteiger partial charge in [-0.05, 0) is 57.2 Å². The minimum Gasteiger partial charge on any atom is -0.378 e. The number of anilines is 2. The number of imidazole rings is 1. The van der Waals surface area contributed by atoms with E-state index in [2.05, 4.69) is 25.8 Å². The van der Waals surface area contributed by atoms with Gasteiger partial charge in [0.1, 0.15) is 11.6 Å². The van der Waals surface area contributed by atoms with Crippen LogP contribution in [-0.2, 0) is 9.53 Å². The summed E-state index contributed by atoms with van der Waals surface area (Å²) < 4.78 is 35.1. The summed E-state index contributed by atoms with van der Waals surface area (Å²) in [6.45, 7) is 3.36. The van der Waals surface area contributed by atoms with Gasteiger partial charge in [0.2, 0.25) is 11.9 Å². The van der Waals surface area contributed by atoms with Crippen LogP contribution in [0.15, 0.2) is 30.3 Å². The summed E-state index contributed by atoms with van der Waals surface area (Å²) in [6, 6.07) is 9.02. The number of ether oxygens (including phenoxy) is 1. The lowest BCUT2D eigenvalue weighted by Crippen LogP contribution is -2.47. The molecule has 2 aliphatic heterocycles. The Balaban J connectivity index is 1.24. The van der Waals surface area contributed by atoms with Crippen molar-refractivity contribution in [1.82, 2.24) is 30.2 Å². The van der Waals surface area contributed by atoms with Crippen molar-refractivity contribution in [2.24, 2.45) is 0 Å². The van der Waals surface area contributed by atoms with E-state index in [0.717, 1.165) is 45.1 Å². The molecule has 2 saturated heterocycles. The molecule has 4 heterocycles. The van der Waals surface area contributed by atoms with Gasteiger partial charge in [-0.1, -0.05) is 12.1 Å². The monoisotopic (exact) mass is 540 g/mol. The highest BCUT2D eigenvalue weighted by molar-refractivity contribution is 5.82. The maximum absolute atomic E-state index is 14.1. The smallest absolute Gasteiger partial charge is 0.296 e. The number of carbonyl (C=O) groups excluding carboxylic acids is 1. The molecular weight excluding hydrogens is 506 g/mol. The van der Waals surface area contributed by atoms with Crippen molar-refractivity contribution in [3.63, 3.8) is 0 Å². The summed E-state index contributed by atoms with van der Waals surface area (Å²) in [5.41, 5.74) is 1.06. The first-order valence-electron chi connectivity index (χ1n) is 13.8. The van der Waals surface area contributed by atoms with Crippen molar-refractivity contribution in [1.29, 1.82) is 0 Å². The van der Waals surface area contributed by atoms with Crippen LogP contribution >= 0.6 is 0 Å². The normalized spacial score (nSPS) is 23.9. The second-order valence-electron chi connectivity index (χ2n) is 10.5. The maximum Gasteiger partial charge on any atom is 0.296 e. The van der Waals surface area contributed by atoms with Gasteiger partial charge in [0.25, 0.3) is 6.43 Å². The van der Waals surface area contributed by atoms with E-state index in [0.29, 0.717) is 54.9 Å². The van der Waals surface area contributed by atoms with E-state index < -0.39 is 6.43 Å². The first kappa shape index (κ1) is 25.9. The minimum absolute atomic E-state index is 0.0759. The predicted molar refractivity (Wildman–Crippen MR) is 143 cm³/mol. The predicted octanol–water partition coefficient (Wildman–Crippen LogP) is 3.18. The number of morpholine rings is 1. The Labute approximate surface area is 225 Å². The summed E-state index contributed by atoms with van der Waals surface area (Å²) in [4.78, 5) is 28.3. The van der Waals surface area contributed by atoms with E-state index >= 15 is 0 Å². The molecule has 0 bridgehead atoms. The minimum atomic E-state index is -2.76. The number of hydrogen-bond acceptors (Lipinski definition) is 8. The zero-order valence-corrected chi connectivity index (χ0v) is 21.8. The molecule has 208 valence electrons. The van der Waals surface area contributed by atoms with Crippen molar-refractivity contribution >= 4 is 28.7 Å². The molecular formula is C27H34F2N8O2. The Morgan fingerprint density at radius 3 is 2.49 bits per heavy atom. The quantitative estimate of drug-likeness (QED) is 0.419. The highest BCUT2D eigenvalue weighted by Gasteiger charge is 2.28. The second kappa shape index (κ2) is 11.4. The summed E-state index contributed by atoms with van der Waals surface area (Å²) in [7, 11) is 0. The molecule has 3 N–H and O–H groups in total. The van der Waals surface area contributed by atoms with Crippen LogP contribution in [0.25, 0.3) is 16.9 Å². The first-order valence-corrected chi connectivity index (χ1v) is 13.8. The largest absolute Gasteiger partial charge is 0.378 e. The van der Waals surface area contributed by atoms with Gasteiger partial charge in [0, 0.05) is 31.2 Å². The lowest BCUT2D eigenvalue weighted by Gasteiger charge is -2.31. The fourth-order valence-electron chi connectivity index (χ4n) is 5.76. The maximum atomic E-state index is 14.1. The molecule has 0 unspecified atom stereocenters. The van der Waals surface area contributed by atoms with Crippen molar-refractivity contribution in [2.45, 2.75) is 63.1 Å². The van der Waals surface area contributed by atoms with Gasteiger partial charge in [-0.15, -0.1) is 0 Å². The van der Waals surface area contributed by atoms with Crippen LogP contribution in [0.5, 0.6) is 0 Å². The molecule has 6 rings (SSSR count). The zero-order valence-electron chi connectivity index (χ0n) is 21.8. The van der Waals surface area contributed by atoms with Crippen LogP contribution < -0.4 is 20.9 Å². The van der Waals surface area contributed by atoms with Crippen molar-refractivity contribution in [3.8, 4) is 5.82 Å². The molecule has 1 saturated carbocycles. The van der Waals surface area contributed by atoms with E-state index in [1.165, 1.54) is 4.57 Å². The topological polar surface area (TPSA) is 109 Å². The number of hydrogen-bond donors (Lipinski definition) is 3. The third kappa shape index (κ3) is 5.67. The van der Waals surface area contributed by atoms with Gasteiger partial charge >= 0.3 is 0 Å². The summed E-state index contributed by atoms with van der Waals surface area (Å²) >= 11 is 0. The highest BCUT2D eigenvalue weighted by atomic mass is 19.3. The summed E-state index contributed by atoms with van der Waals surface area (Å²) in [5, 5.41) is 9.91. The third-order valence-electron chi connectivity index (χ3n) is 7.83. The number of alkyl halides is 2. The van der Waals surface area contributed by atoms with Crippen LogP contribution in [-0.4, -0.2) is 76.4 Å². The van der Waals surface area contributed by atoms with Crippen LogP contribution in [0.4, 0.5) is 20.5 Å². The number of fused-ring (bicyclic) bond motifs is 1. The van der Waals surface area contributed by atoms with Crippen molar-refractivity contribution in [3.05, 3.63) is 36.2 Å². The van der Waals surface area contributed by atoms with Crippen LogP contribution in [0.1, 0.15) is 50.8 Å². The average Bonchev–Trinajstić information content (AvgIpc) is 3.63. The van der Waals surface area contributed by atoms with E-state index in [9.17, 15) is 13.6 Å². The number of rotatable bonds is 7. The second-order valence-corrected chi connectivity index (χ2v) is 10.5. The molecule has 1 aliphatic carbocycles. The fourth-order valence-corrected chi connectivity index (χ4v) is 5.76. The van der Waals surface area contributed by atoms with Gasteiger partial charge in [0.05, 0.1) is 30.3 Å². The van der Waals surface area contributed by atoms with E-state index in [4.69, 9.17) is 14.7 Å². The number of carbonyl (C=O) groups is 1. The SMILES string of the molecule is O=C(N[C@H]1CC[C@H](Nc2nc(N3CCOCC3)cc(-n3c(C(F)F)nc4ccccc43)n2)CC1)[C@H]1CCCN1. The lowest BCUT2D eigenvalue weighted by atomic mass is 9.91. The fraction of sp³-hybridized carbons (Fsp3) is 0.556. The number of benzene rings is 1. The molecule has 39 heavy (non-hydrogen) atoms. The standard InChI is InChI=1S/C27H34F2N8O2/c28-24(29)25-33-19-4-1-2-6-21(19)37(25)23-16-22(36-12-14-39-15-13-36)34-27(35-23)32-18-9-7-17(8-10-18)31-26(38)20-5-3-11-30-20/h1-2,4,6,16-18,20,24,30H,3,5,7-15H2,(H,31,38)(H,32,34,35)/t17-,18-,20-/m1/s1. The van der Waals surface area contributed by atoms with Gasteiger partial charge < -0.3 is 25.6 Å². The Bertz CT molecular complexity index is 1300. The Kier molecular flexibility index (Phi) is 7.55. The molecule has 3 aliphatic rings. The molecule has 3 aromatic rings. The van der Waals surface area contributed by atoms with Crippen molar-refractivity contribution < 1.29 is 18.3 Å². The van der Waals surface area contributed by atoms with Crippen LogP contribution in [0.2, 0.25) is 0 Å². The van der Waals surface area contributed by atoms with E-state index in [-0.39, 0.29) is 29.9 Å². The Hall–Kier alpha value is -3.38. The zero-order chi connectivity index (χ0) is 26.8. The van der Waals surface area contributed by atoms with Gasteiger partial charge in [0.15, 0.2) is 5.82 Å². The van der Waals surface area contributed by atoms with Gasteiger partial charge in [-0.3, -0.25) is 9.36 Å². The number of nitrogens with one attached hydrogen (secondary N) is 3. The number of nitrogens with zero attached hydrogens (tertiary/aromatic N) is 5. The molecule has 3 fully saturated rings. The molecule has 0 spiro atoms. The van der Waals surface area contributed by atoms with Crippen LogP contribution in [0.3, 0.4) is 0 Å². The molecule has 1 atom stereocenters. The third-order valence-corrected chi connectivity index (χ3v) is 7.83. The molecule has 1 aromatic carbocycles. The van der Waals surface area contributed by atoms with E-state index in [1.807, 2.05) is 0 Å². The number of para-hydroxylation sites is 2. The molecule has 1 amide bonds. The first-order chi connectivity index (χ1) is 19.0. The average molecular weight is 541 g/mol. The van der Waals surface area contributed by atoms with Crippen LogP contribution in [0, 0.1) is 0 Å². The number of aromatic nitrogens is 4. The van der Waals surface area contributed by atoms with Gasteiger partial charge in [-0.25, -0.2) is 13.8 Å². The highest BCUT2D eigenvalue weighted by Crippen LogP contribution is 2.30. The Morgan fingerprint density at radius 2 is 1.74 bits per heavy atom. The van der Waals surface area contributed by atoms with Crippen molar-refractivity contribution in [2.75, 3.05) is 43.1 Å². The number of amides is 1. The summed E-state index contributed by atoms with van der Waals surface area (Å²) in [5.74, 6) is 1.16. The van der Waals surface area contributed by atoms with Gasteiger partial charge in [-0.2, -0.15) is 9.97 Å². The molecule has 0 radical (unpaired) electrons. The van der Waals surface area contributed by atoms with E-state index in [1.54, 1.807) is 30.3 Å². The Morgan fingerprint density at radius 1 is 1.00 bits per heavy atom. The summed E-state index contributed by atoms with van der Waals surface area (Å²) in [6.07, 6.45) is 2.57. The molecule has 10 nitrogen and oxygen atoms in total. The molecule has 2 aromatic heterocycles. The number of halogens is 2. The lowest BCUT2D eigenvalue weighted by molar-refractivity contribution is -0.123. The molecule has 12 heteroatoms.